The lowest BCUT2D eigenvalue weighted by Gasteiger charge is -2.18. The highest BCUT2D eigenvalue weighted by atomic mass is 79.9. The van der Waals surface area contributed by atoms with Gasteiger partial charge in [0.2, 0.25) is 0 Å². The fourth-order valence-electron chi connectivity index (χ4n) is 2.11. The quantitative estimate of drug-likeness (QED) is 0.704. The third kappa shape index (κ3) is 4.03. The van der Waals surface area contributed by atoms with Gasteiger partial charge < -0.3 is 5.32 Å². The molecule has 2 aromatic rings. The summed E-state index contributed by atoms with van der Waals surface area (Å²) in [5, 5.41) is 12.9. The SMILES string of the molecule is CCSc1cccc(NC(C)c2ccc(Br)cc2)c1C#N. The minimum absolute atomic E-state index is 0.145. The Balaban J connectivity index is 2.25. The van der Waals surface area contributed by atoms with Crippen LogP contribution in [-0.2, 0) is 0 Å². The van der Waals surface area contributed by atoms with Crippen LogP contribution in [0.15, 0.2) is 51.8 Å². The lowest BCUT2D eigenvalue weighted by molar-refractivity contribution is 0.882. The van der Waals surface area contributed by atoms with Crippen LogP contribution in [0, 0.1) is 11.3 Å². The summed E-state index contributed by atoms with van der Waals surface area (Å²) in [6.07, 6.45) is 0. The van der Waals surface area contributed by atoms with Gasteiger partial charge in [0.15, 0.2) is 0 Å². The molecule has 0 aliphatic carbocycles. The van der Waals surface area contributed by atoms with E-state index in [4.69, 9.17) is 0 Å². The van der Waals surface area contributed by atoms with E-state index < -0.39 is 0 Å². The molecule has 0 aliphatic heterocycles. The van der Waals surface area contributed by atoms with Crippen molar-refractivity contribution < 1.29 is 0 Å². The van der Waals surface area contributed by atoms with Gasteiger partial charge in [0.05, 0.1) is 11.3 Å². The van der Waals surface area contributed by atoms with Gasteiger partial charge in [-0.2, -0.15) is 5.26 Å². The Morgan fingerprint density at radius 1 is 1.24 bits per heavy atom. The van der Waals surface area contributed by atoms with E-state index in [0.717, 1.165) is 26.4 Å². The van der Waals surface area contributed by atoms with Gasteiger partial charge in [-0.05, 0) is 42.5 Å². The van der Waals surface area contributed by atoms with E-state index in [2.05, 4.69) is 53.3 Å². The lowest BCUT2D eigenvalue weighted by Crippen LogP contribution is -2.08. The smallest absolute Gasteiger partial charge is 0.102 e. The highest BCUT2D eigenvalue weighted by molar-refractivity contribution is 9.10. The standard InChI is InChI=1S/C17H17BrN2S/c1-3-21-17-6-4-5-16(15(17)11-19)20-12(2)13-7-9-14(18)10-8-13/h4-10,12,20H,3H2,1-2H3. The first kappa shape index (κ1) is 15.9. The minimum Gasteiger partial charge on any atom is -0.377 e. The molecule has 0 aliphatic rings. The molecule has 0 bridgehead atoms. The van der Waals surface area contributed by atoms with Gasteiger partial charge in [0.1, 0.15) is 6.07 Å². The highest BCUT2D eigenvalue weighted by Gasteiger charge is 2.11. The van der Waals surface area contributed by atoms with E-state index in [1.165, 1.54) is 5.56 Å². The number of nitriles is 1. The number of nitrogens with zero attached hydrogens (tertiary/aromatic N) is 1. The zero-order valence-corrected chi connectivity index (χ0v) is 14.5. The van der Waals surface area contributed by atoms with Crippen LogP contribution < -0.4 is 5.32 Å². The number of nitrogens with one attached hydrogen (secondary N) is 1. The van der Waals surface area contributed by atoms with E-state index in [1.807, 2.05) is 30.3 Å². The molecule has 1 atom stereocenters. The number of anilines is 1. The summed E-state index contributed by atoms with van der Waals surface area (Å²) in [5.41, 5.74) is 2.82. The maximum atomic E-state index is 9.44. The zero-order valence-electron chi connectivity index (χ0n) is 12.1. The van der Waals surface area contributed by atoms with Crippen molar-refractivity contribution in [1.29, 1.82) is 5.26 Å². The number of thioether (sulfide) groups is 1. The van der Waals surface area contributed by atoms with Crippen molar-refractivity contribution in [3.63, 3.8) is 0 Å². The van der Waals surface area contributed by atoms with Crippen LogP contribution in [0.3, 0.4) is 0 Å². The first-order chi connectivity index (χ1) is 10.2. The Hall–Kier alpha value is -1.44. The van der Waals surface area contributed by atoms with Gasteiger partial charge in [-0.25, -0.2) is 0 Å². The Morgan fingerprint density at radius 2 is 1.95 bits per heavy atom. The van der Waals surface area contributed by atoms with Crippen molar-refractivity contribution in [3.8, 4) is 6.07 Å². The number of halogens is 1. The minimum atomic E-state index is 0.145. The molecule has 108 valence electrons. The summed E-state index contributed by atoms with van der Waals surface area (Å²) in [5.74, 6) is 0.959. The van der Waals surface area contributed by atoms with Gasteiger partial charge in [-0.3, -0.25) is 0 Å². The van der Waals surface area contributed by atoms with E-state index in [-0.39, 0.29) is 6.04 Å². The maximum Gasteiger partial charge on any atom is 0.102 e. The molecule has 0 fully saturated rings. The van der Waals surface area contributed by atoms with Gasteiger partial charge in [-0.15, -0.1) is 11.8 Å². The van der Waals surface area contributed by atoms with E-state index in [0.29, 0.717) is 0 Å². The van der Waals surface area contributed by atoms with Crippen LogP contribution in [-0.4, -0.2) is 5.75 Å². The average molecular weight is 361 g/mol. The highest BCUT2D eigenvalue weighted by Crippen LogP contribution is 2.30. The molecule has 1 unspecified atom stereocenters. The molecule has 4 heteroatoms. The largest absolute Gasteiger partial charge is 0.377 e. The van der Waals surface area contributed by atoms with Crippen molar-refractivity contribution in [2.24, 2.45) is 0 Å². The van der Waals surface area contributed by atoms with E-state index in [9.17, 15) is 5.26 Å². The van der Waals surface area contributed by atoms with Crippen molar-refractivity contribution in [2.45, 2.75) is 24.8 Å². The van der Waals surface area contributed by atoms with Gasteiger partial charge in [0, 0.05) is 15.4 Å². The van der Waals surface area contributed by atoms with E-state index >= 15 is 0 Å². The van der Waals surface area contributed by atoms with Crippen molar-refractivity contribution >= 4 is 33.4 Å². The molecule has 21 heavy (non-hydrogen) atoms. The molecule has 0 aromatic heterocycles. The molecule has 1 N–H and O–H groups in total. The van der Waals surface area contributed by atoms with Crippen LogP contribution in [0.5, 0.6) is 0 Å². The maximum absolute atomic E-state index is 9.44. The van der Waals surface area contributed by atoms with Crippen molar-refractivity contribution in [2.75, 3.05) is 11.1 Å². The number of rotatable bonds is 5. The van der Waals surface area contributed by atoms with Crippen molar-refractivity contribution in [1.82, 2.24) is 0 Å². The lowest BCUT2D eigenvalue weighted by atomic mass is 10.1. The monoisotopic (exact) mass is 360 g/mol. The Kier molecular flexibility index (Phi) is 5.72. The summed E-state index contributed by atoms with van der Waals surface area (Å²) in [4.78, 5) is 1.04. The average Bonchev–Trinajstić information content (AvgIpc) is 2.48. The van der Waals surface area contributed by atoms with Gasteiger partial charge in [-0.1, -0.05) is 41.1 Å². The molecule has 0 radical (unpaired) electrons. The first-order valence-corrected chi connectivity index (χ1v) is 8.61. The summed E-state index contributed by atoms with van der Waals surface area (Å²) in [7, 11) is 0. The summed E-state index contributed by atoms with van der Waals surface area (Å²) >= 11 is 5.14. The van der Waals surface area contributed by atoms with Crippen LogP contribution in [0.25, 0.3) is 0 Å². The Bertz CT molecular complexity index is 647. The molecular weight excluding hydrogens is 344 g/mol. The Morgan fingerprint density at radius 3 is 2.57 bits per heavy atom. The zero-order chi connectivity index (χ0) is 15.2. The molecule has 0 spiro atoms. The van der Waals surface area contributed by atoms with Crippen LogP contribution in [0.2, 0.25) is 0 Å². The van der Waals surface area contributed by atoms with E-state index in [1.54, 1.807) is 11.8 Å². The summed E-state index contributed by atoms with van der Waals surface area (Å²) < 4.78 is 1.07. The van der Waals surface area contributed by atoms with Crippen molar-refractivity contribution in [3.05, 3.63) is 58.1 Å². The fourth-order valence-corrected chi connectivity index (χ4v) is 3.16. The molecule has 2 nitrogen and oxygen atoms in total. The second kappa shape index (κ2) is 7.53. The number of hydrogen-bond donors (Lipinski definition) is 1. The van der Waals surface area contributed by atoms with Crippen LogP contribution in [0.1, 0.15) is 31.0 Å². The molecule has 0 saturated heterocycles. The second-order valence-corrected chi connectivity index (χ2v) is 6.86. The molecule has 0 saturated carbocycles. The van der Waals surface area contributed by atoms with Crippen LogP contribution in [0.4, 0.5) is 5.69 Å². The molecular formula is C17H17BrN2S. The molecule has 2 rings (SSSR count). The topological polar surface area (TPSA) is 35.8 Å². The normalized spacial score (nSPS) is 11.7. The molecule has 0 amide bonds. The second-order valence-electron chi connectivity index (χ2n) is 4.64. The van der Waals surface area contributed by atoms with Crippen LogP contribution >= 0.6 is 27.7 Å². The predicted octanol–water partition coefficient (Wildman–Crippen LogP) is 5.61. The summed E-state index contributed by atoms with van der Waals surface area (Å²) in [6.45, 7) is 4.19. The third-order valence-corrected chi connectivity index (χ3v) is 4.65. The predicted molar refractivity (Wildman–Crippen MR) is 93.7 cm³/mol. The van der Waals surface area contributed by atoms with Gasteiger partial charge in [0.25, 0.3) is 0 Å². The number of hydrogen-bond acceptors (Lipinski definition) is 3. The molecule has 0 heterocycles. The Labute approximate surface area is 138 Å². The third-order valence-electron chi connectivity index (χ3n) is 3.18. The molecule has 2 aromatic carbocycles. The van der Waals surface area contributed by atoms with Gasteiger partial charge >= 0.3 is 0 Å². The number of benzene rings is 2. The fraction of sp³-hybridized carbons (Fsp3) is 0.235. The first-order valence-electron chi connectivity index (χ1n) is 6.83. The summed E-state index contributed by atoms with van der Waals surface area (Å²) in [6, 6.07) is 16.7.